The van der Waals surface area contributed by atoms with Crippen LogP contribution in [-0.4, -0.2) is 62.9 Å². The Bertz CT molecular complexity index is 1610. The van der Waals surface area contributed by atoms with E-state index in [9.17, 15) is 34.2 Å². The minimum absolute atomic E-state index is 0.00834. The van der Waals surface area contributed by atoms with Gasteiger partial charge in [0.2, 0.25) is 11.7 Å². The van der Waals surface area contributed by atoms with Crippen LogP contribution < -0.4 is 5.32 Å². The number of amides is 1. The van der Waals surface area contributed by atoms with Crippen molar-refractivity contribution in [1.82, 2.24) is 10.3 Å². The Labute approximate surface area is 268 Å². The molecule has 4 unspecified atom stereocenters. The molecule has 1 heterocycles. The monoisotopic (exact) mass is 632 g/mol. The molecule has 7 atom stereocenters. The zero-order valence-electron chi connectivity index (χ0n) is 26.6. The summed E-state index contributed by atoms with van der Waals surface area (Å²) in [5, 5.41) is 24.9. The third-order valence-electron chi connectivity index (χ3n) is 12.2. The number of benzene rings is 1. The Kier molecular flexibility index (Phi) is 8.46. The summed E-state index contributed by atoms with van der Waals surface area (Å²) in [6.45, 7) is 3.74. The summed E-state index contributed by atoms with van der Waals surface area (Å²) in [7, 11) is 0. The molecule has 6 rings (SSSR count). The molecule has 10 nitrogen and oxygen atoms in total. The quantitative estimate of drug-likeness (QED) is 0.280. The number of para-hydroxylation sites is 1. The zero-order chi connectivity index (χ0) is 32.9. The molecule has 3 fully saturated rings. The minimum atomic E-state index is -1.60. The van der Waals surface area contributed by atoms with Gasteiger partial charge in [-0.25, -0.2) is 4.79 Å². The Hall–Kier alpha value is -3.79. The van der Waals surface area contributed by atoms with Gasteiger partial charge in [0.1, 0.15) is 11.6 Å². The number of carbonyl (C=O) groups excluding carboxylic acids is 4. The van der Waals surface area contributed by atoms with E-state index in [4.69, 9.17) is 4.74 Å². The van der Waals surface area contributed by atoms with Crippen molar-refractivity contribution in [2.75, 3.05) is 6.61 Å². The van der Waals surface area contributed by atoms with Crippen LogP contribution in [0.2, 0.25) is 0 Å². The van der Waals surface area contributed by atoms with E-state index in [1.807, 2.05) is 37.3 Å². The largest absolute Gasteiger partial charge is 0.480 e. The van der Waals surface area contributed by atoms with Crippen LogP contribution in [-0.2, 0) is 35.1 Å². The molecular formula is C36H44N2O8. The zero-order valence-corrected chi connectivity index (χ0v) is 26.6. The van der Waals surface area contributed by atoms with E-state index >= 15 is 0 Å². The van der Waals surface area contributed by atoms with Crippen molar-refractivity contribution >= 4 is 40.3 Å². The molecule has 4 aliphatic rings. The number of fused-ring (bicyclic) bond motifs is 6. The Morgan fingerprint density at radius 1 is 1.02 bits per heavy atom. The van der Waals surface area contributed by atoms with Crippen LogP contribution >= 0.6 is 0 Å². The third-order valence-corrected chi connectivity index (χ3v) is 12.2. The molecule has 1 aromatic carbocycles. The fourth-order valence-corrected chi connectivity index (χ4v) is 9.57. The molecule has 2 aromatic rings. The number of esters is 1. The Morgan fingerprint density at radius 3 is 2.57 bits per heavy atom. The molecule has 0 aliphatic heterocycles. The van der Waals surface area contributed by atoms with E-state index in [1.165, 1.54) is 5.57 Å². The molecule has 1 aromatic heterocycles. The van der Waals surface area contributed by atoms with E-state index in [1.54, 1.807) is 6.20 Å². The fourth-order valence-electron chi connectivity index (χ4n) is 9.57. The number of aromatic nitrogens is 1. The first-order valence-electron chi connectivity index (χ1n) is 16.6. The average Bonchev–Trinajstić information content (AvgIpc) is 3.56. The lowest BCUT2D eigenvalue weighted by Crippen LogP contribution is -2.58. The van der Waals surface area contributed by atoms with E-state index in [0.29, 0.717) is 31.1 Å². The van der Waals surface area contributed by atoms with Crippen molar-refractivity contribution < 1.29 is 38.9 Å². The normalized spacial score (nSPS) is 32.5. The summed E-state index contributed by atoms with van der Waals surface area (Å²) >= 11 is 0. The molecule has 4 N–H and O–H groups in total. The number of hydrogen-bond donors (Lipinski definition) is 4. The molecule has 3 saturated carbocycles. The van der Waals surface area contributed by atoms with Crippen molar-refractivity contribution in [3.05, 3.63) is 47.7 Å². The number of rotatable bonds is 10. The van der Waals surface area contributed by atoms with Crippen LogP contribution in [0.4, 0.5) is 0 Å². The standard InChI is InChI=1S/C36H44N2O8/c1-34-14-11-23(39)18-22(34)7-8-25-26(34)12-15-35(2)27(25)13-16-36(35,45)30(40)20-46-32(42)10-9-31(41)38-29(33(43)44)17-21-19-37-28-6-4-3-5-24(21)28/h3-6,18-19,25-27,29,37,45H,7-17,20H2,1-2H3,(H,38,41)(H,43,44)/t25?,26?,27?,29?,34-,35-,36-/m0/s1. The molecular weight excluding hydrogens is 588 g/mol. The number of carbonyl (C=O) groups is 5. The number of H-pyrrole nitrogens is 1. The smallest absolute Gasteiger partial charge is 0.326 e. The van der Waals surface area contributed by atoms with Crippen molar-refractivity contribution in [3.8, 4) is 0 Å². The number of carboxylic acid groups (broad SMARTS) is 1. The van der Waals surface area contributed by atoms with E-state index in [-0.39, 0.29) is 36.4 Å². The van der Waals surface area contributed by atoms with Gasteiger partial charge >= 0.3 is 11.9 Å². The van der Waals surface area contributed by atoms with E-state index in [0.717, 1.165) is 48.6 Å². The second-order valence-corrected chi connectivity index (χ2v) is 14.4. The fraction of sp³-hybridized carbons (Fsp3) is 0.583. The summed E-state index contributed by atoms with van der Waals surface area (Å²) in [6, 6.07) is 6.29. The van der Waals surface area contributed by atoms with Crippen molar-refractivity contribution in [2.24, 2.45) is 28.6 Å². The number of allylic oxidation sites excluding steroid dienone is 1. The van der Waals surface area contributed by atoms with Gasteiger partial charge in [-0.2, -0.15) is 0 Å². The topological polar surface area (TPSA) is 163 Å². The minimum Gasteiger partial charge on any atom is -0.480 e. The molecule has 1 amide bonds. The molecule has 10 heteroatoms. The van der Waals surface area contributed by atoms with E-state index in [2.05, 4.69) is 17.2 Å². The maximum atomic E-state index is 13.5. The number of ketones is 2. The van der Waals surface area contributed by atoms with Gasteiger partial charge < -0.3 is 25.3 Å². The maximum absolute atomic E-state index is 13.5. The molecule has 0 saturated heterocycles. The number of Topliss-reactive ketones (excluding diaryl/α,β-unsaturated/α-hetero) is 1. The highest BCUT2D eigenvalue weighted by molar-refractivity contribution is 5.92. The Balaban J connectivity index is 1.01. The summed E-state index contributed by atoms with van der Waals surface area (Å²) in [6.07, 6.45) is 8.92. The van der Waals surface area contributed by atoms with Gasteiger partial charge in [0, 0.05) is 41.8 Å². The second kappa shape index (κ2) is 12.1. The van der Waals surface area contributed by atoms with Crippen LogP contribution in [0.25, 0.3) is 10.9 Å². The summed E-state index contributed by atoms with van der Waals surface area (Å²) in [5.41, 5.74) is 0.646. The predicted octanol–water partition coefficient (Wildman–Crippen LogP) is 4.44. The number of hydrogen-bond acceptors (Lipinski definition) is 7. The van der Waals surface area contributed by atoms with Crippen LogP contribution in [0, 0.1) is 28.6 Å². The predicted molar refractivity (Wildman–Crippen MR) is 168 cm³/mol. The first-order valence-corrected chi connectivity index (χ1v) is 16.6. The first-order chi connectivity index (χ1) is 21.9. The van der Waals surface area contributed by atoms with E-state index < -0.39 is 47.3 Å². The van der Waals surface area contributed by atoms with Gasteiger partial charge in [0.25, 0.3) is 0 Å². The number of aromatic amines is 1. The highest BCUT2D eigenvalue weighted by Crippen LogP contribution is 2.67. The molecule has 0 bridgehead atoms. The first kappa shape index (κ1) is 32.2. The average molecular weight is 633 g/mol. The van der Waals surface area contributed by atoms with Gasteiger partial charge in [0.05, 0.1) is 6.42 Å². The lowest BCUT2D eigenvalue weighted by molar-refractivity contribution is -0.170. The van der Waals surface area contributed by atoms with Crippen LogP contribution in [0.15, 0.2) is 42.1 Å². The van der Waals surface area contributed by atoms with Crippen LogP contribution in [0.1, 0.15) is 83.6 Å². The van der Waals surface area contributed by atoms with Gasteiger partial charge in [-0.3, -0.25) is 19.2 Å². The maximum Gasteiger partial charge on any atom is 0.326 e. The highest BCUT2D eigenvalue weighted by Gasteiger charge is 2.66. The molecule has 246 valence electrons. The van der Waals surface area contributed by atoms with Crippen molar-refractivity contribution in [1.29, 1.82) is 0 Å². The SMILES string of the molecule is C[C@]12CCC(=O)C=C1CCC1C2CC[C@@]2(C)C1CC[C@]2(O)C(=O)COC(=O)CCC(=O)NC(Cc1c[nH]c2ccccc12)C(=O)O. The summed E-state index contributed by atoms with van der Waals surface area (Å²) in [4.78, 5) is 65.7. The van der Waals surface area contributed by atoms with Crippen molar-refractivity contribution in [3.63, 3.8) is 0 Å². The molecule has 0 radical (unpaired) electrons. The van der Waals surface area contributed by atoms with Crippen LogP contribution in [0.3, 0.4) is 0 Å². The van der Waals surface area contributed by atoms with Gasteiger partial charge in [0.15, 0.2) is 12.4 Å². The highest BCUT2D eigenvalue weighted by atomic mass is 16.5. The second-order valence-electron chi connectivity index (χ2n) is 14.4. The number of aliphatic hydroxyl groups is 1. The summed E-state index contributed by atoms with van der Waals surface area (Å²) < 4.78 is 5.26. The molecule has 46 heavy (non-hydrogen) atoms. The lowest BCUT2D eigenvalue weighted by atomic mass is 9.46. The van der Waals surface area contributed by atoms with Gasteiger partial charge in [-0.1, -0.05) is 37.6 Å². The van der Waals surface area contributed by atoms with Crippen LogP contribution in [0.5, 0.6) is 0 Å². The lowest BCUT2D eigenvalue weighted by Gasteiger charge is -2.58. The molecule has 4 aliphatic carbocycles. The number of nitrogens with one attached hydrogen (secondary N) is 2. The Morgan fingerprint density at radius 2 is 1.78 bits per heavy atom. The summed E-state index contributed by atoms with van der Waals surface area (Å²) in [5.74, 6) is -1.90. The molecule has 0 spiro atoms. The number of carboxylic acids is 1. The number of ether oxygens (including phenoxy) is 1. The van der Waals surface area contributed by atoms with Gasteiger partial charge in [-0.05, 0) is 85.8 Å². The van der Waals surface area contributed by atoms with Crippen molar-refractivity contribution in [2.45, 2.75) is 96.1 Å². The van der Waals surface area contributed by atoms with Gasteiger partial charge in [-0.15, -0.1) is 0 Å². The number of aliphatic carboxylic acids is 1. The third kappa shape index (κ3) is 5.48.